The molecular weight excluding hydrogens is 318 g/mol. The average Bonchev–Trinajstić information content (AvgIpc) is 2.61. The first-order valence-corrected chi connectivity index (χ1v) is 11.1. The van der Waals surface area contributed by atoms with Crippen molar-refractivity contribution >= 4 is 25.1 Å². The Labute approximate surface area is 143 Å². The summed E-state index contributed by atoms with van der Waals surface area (Å²) in [5, 5.41) is 4.07. The molecule has 0 aliphatic carbocycles. The highest BCUT2D eigenvalue weighted by Crippen LogP contribution is 2.14. The molecule has 2 aromatic carbocycles. The summed E-state index contributed by atoms with van der Waals surface area (Å²) in [6.07, 6.45) is 0. The third kappa shape index (κ3) is 4.55. The van der Waals surface area contributed by atoms with Crippen molar-refractivity contribution in [1.29, 1.82) is 0 Å². The van der Waals surface area contributed by atoms with Crippen molar-refractivity contribution in [3.05, 3.63) is 66.2 Å². The van der Waals surface area contributed by atoms with Crippen LogP contribution in [0.1, 0.15) is 10.4 Å². The number of esters is 1. The number of hydrogen-bond acceptors (Lipinski definition) is 3. The van der Waals surface area contributed by atoms with E-state index in [1.165, 1.54) is 12.3 Å². The Morgan fingerprint density at radius 2 is 1.54 bits per heavy atom. The van der Waals surface area contributed by atoms with Crippen LogP contribution in [-0.2, 0) is 9.53 Å². The van der Waals surface area contributed by atoms with E-state index in [1.54, 1.807) is 24.3 Å². The van der Waals surface area contributed by atoms with Gasteiger partial charge in [-0.05, 0) is 18.2 Å². The first kappa shape index (κ1) is 17.9. The number of nitrogens with one attached hydrogen (secondary N) is 1. The molecule has 0 fully saturated rings. The van der Waals surface area contributed by atoms with E-state index in [1.807, 2.05) is 24.3 Å². The number of benzene rings is 2. The van der Waals surface area contributed by atoms with Crippen LogP contribution in [0.25, 0.3) is 0 Å². The van der Waals surface area contributed by atoms with Gasteiger partial charge in [0.25, 0.3) is 5.91 Å². The molecule has 2 aromatic rings. The van der Waals surface area contributed by atoms with Crippen LogP contribution in [-0.4, -0.2) is 33.1 Å². The van der Waals surface area contributed by atoms with E-state index < -0.39 is 20.1 Å². The Hall–Kier alpha value is -2.40. The smallest absolute Gasteiger partial charge is 0.328 e. The van der Waals surface area contributed by atoms with Crippen molar-refractivity contribution in [2.75, 3.05) is 7.11 Å². The maximum atomic E-state index is 12.4. The number of ether oxygens (including phenoxy) is 1. The Balaban J connectivity index is 2.17. The van der Waals surface area contributed by atoms with Gasteiger partial charge < -0.3 is 10.1 Å². The van der Waals surface area contributed by atoms with Gasteiger partial charge in [-0.2, -0.15) is 0 Å². The summed E-state index contributed by atoms with van der Waals surface area (Å²) in [5.74, 6) is -0.667. The Morgan fingerprint density at radius 1 is 1.00 bits per heavy atom. The van der Waals surface area contributed by atoms with Crippen molar-refractivity contribution < 1.29 is 14.3 Å². The predicted molar refractivity (Wildman–Crippen MR) is 98.1 cm³/mol. The van der Waals surface area contributed by atoms with Gasteiger partial charge in [0, 0.05) is 5.56 Å². The second-order valence-corrected chi connectivity index (χ2v) is 11.1. The van der Waals surface area contributed by atoms with Gasteiger partial charge in [-0.15, -0.1) is 0 Å². The van der Waals surface area contributed by atoms with Crippen LogP contribution >= 0.6 is 0 Å². The quantitative estimate of drug-likeness (QED) is 0.649. The van der Waals surface area contributed by atoms with Crippen LogP contribution in [0.15, 0.2) is 60.7 Å². The summed E-state index contributed by atoms with van der Waals surface area (Å²) < 4.78 is 4.90. The lowest BCUT2D eigenvalue weighted by atomic mass is 10.2. The molecule has 0 aromatic heterocycles. The van der Waals surface area contributed by atoms with Gasteiger partial charge in [-0.3, -0.25) is 4.79 Å². The minimum atomic E-state index is -1.90. The molecule has 0 radical (unpaired) electrons. The Morgan fingerprint density at radius 3 is 2.08 bits per heavy atom. The number of carbonyl (C=O) groups is 2. The first-order chi connectivity index (χ1) is 11.4. The van der Waals surface area contributed by atoms with E-state index in [0.717, 1.165) is 0 Å². The molecule has 0 bridgehead atoms. The molecule has 0 heterocycles. The third-order valence-electron chi connectivity index (χ3n) is 4.10. The molecule has 1 atom stereocenters. The minimum Gasteiger partial charge on any atom is -0.467 e. The molecule has 5 heteroatoms. The van der Waals surface area contributed by atoms with Gasteiger partial charge in [-0.1, -0.05) is 66.8 Å². The molecule has 1 N–H and O–H groups in total. The molecule has 1 amide bonds. The molecule has 0 saturated carbocycles. The molecule has 126 valence electrons. The van der Waals surface area contributed by atoms with E-state index in [2.05, 4.69) is 30.5 Å². The molecule has 2 rings (SSSR count). The highest BCUT2D eigenvalue weighted by atomic mass is 28.3. The summed E-state index contributed by atoms with van der Waals surface area (Å²) in [7, 11) is -0.557. The maximum Gasteiger partial charge on any atom is 0.328 e. The van der Waals surface area contributed by atoms with Gasteiger partial charge in [0.15, 0.2) is 0 Å². The van der Waals surface area contributed by atoms with Crippen LogP contribution in [0.3, 0.4) is 0 Å². The van der Waals surface area contributed by atoms with Crippen LogP contribution in [0.4, 0.5) is 0 Å². The zero-order valence-corrected chi connectivity index (χ0v) is 15.3. The molecular formula is C19H23NO3Si. The number of hydrogen-bond donors (Lipinski definition) is 1. The van der Waals surface area contributed by atoms with E-state index in [9.17, 15) is 9.59 Å². The summed E-state index contributed by atoms with van der Waals surface area (Å²) in [4.78, 5) is 24.6. The van der Waals surface area contributed by atoms with Gasteiger partial charge in [0.1, 0.15) is 6.04 Å². The van der Waals surface area contributed by atoms with Crippen molar-refractivity contribution in [1.82, 2.24) is 5.32 Å². The first-order valence-electron chi connectivity index (χ1n) is 7.93. The van der Waals surface area contributed by atoms with E-state index in [4.69, 9.17) is 4.74 Å². The molecule has 4 nitrogen and oxygen atoms in total. The van der Waals surface area contributed by atoms with Crippen molar-refractivity contribution in [2.24, 2.45) is 0 Å². The van der Waals surface area contributed by atoms with Crippen LogP contribution in [0.2, 0.25) is 19.1 Å². The van der Waals surface area contributed by atoms with Crippen LogP contribution in [0, 0.1) is 0 Å². The fourth-order valence-electron chi connectivity index (χ4n) is 2.68. The minimum absolute atomic E-state index is 0.260. The fourth-order valence-corrected chi connectivity index (χ4v) is 5.30. The van der Waals surface area contributed by atoms with Crippen molar-refractivity contribution in [3.63, 3.8) is 0 Å². The van der Waals surface area contributed by atoms with E-state index in [0.29, 0.717) is 11.6 Å². The third-order valence-corrected chi connectivity index (χ3v) is 7.42. The Bertz CT molecular complexity index is 686. The van der Waals surface area contributed by atoms with E-state index in [-0.39, 0.29) is 5.91 Å². The molecule has 0 aliphatic heterocycles. The van der Waals surface area contributed by atoms with Gasteiger partial charge in [0.05, 0.1) is 15.2 Å². The van der Waals surface area contributed by atoms with Gasteiger partial charge in [-0.25, -0.2) is 4.79 Å². The monoisotopic (exact) mass is 341 g/mol. The number of amides is 1. The standard InChI is InChI=1S/C19H23NO3Si/c1-23-19(22)17(20-18(21)15-10-6-4-7-11-15)14-24(2,3)16-12-8-5-9-13-16/h4-13,17H,14H2,1-3H3,(H,20,21). The molecule has 1 unspecified atom stereocenters. The average molecular weight is 341 g/mol. The normalized spacial score (nSPS) is 12.3. The zero-order chi connectivity index (χ0) is 17.6. The number of carbonyl (C=O) groups excluding carboxylic acids is 2. The molecule has 24 heavy (non-hydrogen) atoms. The lowest BCUT2D eigenvalue weighted by Gasteiger charge is -2.27. The predicted octanol–water partition coefficient (Wildman–Crippen LogP) is 2.57. The maximum absolute atomic E-state index is 12.4. The topological polar surface area (TPSA) is 55.4 Å². The Kier molecular flexibility index (Phi) is 5.92. The summed E-state index contributed by atoms with van der Waals surface area (Å²) in [5.41, 5.74) is 0.533. The summed E-state index contributed by atoms with van der Waals surface area (Å²) in [6.45, 7) is 4.37. The SMILES string of the molecule is COC(=O)C(C[Si](C)(C)c1ccccc1)NC(=O)c1ccccc1. The van der Waals surface area contributed by atoms with Crippen molar-refractivity contribution in [2.45, 2.75) is 25.2 Å². The number of rotatable bonds is 6. The van der Waals surface area contributed by atoms with Crippen LogP contribution in [0.5, 0.6) is 0 Å². The van der Waals surface area contributed by atoms with E-state index >= 15 is 0 Å². The van der Waals surface area contributed by atoms with Crippen LogP contribution < -0.4 is 10.5 Å². The zero-order valence-electron chi connectivity index (χ0n) is 14.3. The molecule has 0 spiro atoms. The second kappa shape index (κ2) is 7.92. The summed E-state index contributed by atoms with van der Waals surface area (Å²) in [6, 6.07) is 19.0. The summed E-state index contributed by atoms with van der Waals surface area (Å²) >= 11 is 0. The fraction of sp³-hybridized carbons (Fsp3) is 0.263. The van der Waals surface area contributed by atoms with Gasteiger partial charge in [0.2, 0.25) is 0 Å². The van der Waals surface area contributed by atoms with Gasteiger partial charge >= 0.3 is 5.97 Å². The lowest BCUT2D eigenvalue weighted by Crippen LogP contribution is -2.51. The largest absolute Gasteiger partial charge is 0.467 e. The van der Waals surface area contributed by atoms with Crippen molar-refractivity contribution in [3.8, 4) is 0 Å². The highest BCUT2D eigenvalue weighted by molar-refractivity contribution is 6.90. The molecule has 0 aliphatic rings. The number of methoxy groups -OCH3 is 1. The second-order valence-electron chi connectivity index (χ2n) is 6.37. The molecule has 0 saturated heterocycles. The highest BCUT2D eigenvalue weighted by Gasteiger charge is 2.32. The lowest BCUT2D eigenvalue weighted by molar-refractivity contribution is -0.142.